The number of amidine groups is 1. The minimum Gasteiger partial charge on any atom is -0.493 e. The summed E-state index contributed by atoms with van der Waals surface area (Å²) in [5, 5.41) is 14.9. The van der Waals surface area contributed by atoms with Gasteiger partial charge in [0.15, 0.2) is 23.0 Å². The van der Waals surface area contributed by atoms with Gasteiger partial charge < -0.3 is 24.9 Å². The molecule has 1 aliphatic heterocycles. The number of nitrogens with one attached hydrogen (secondary N) is 2. The Labute approximate surface area is 172 Å². The number of benzene rings is 1. The molecule has 0 saturated carbocycles. The maximum absolute atomic E-state index is 14.1. The number of anilines is 1. The molecule has 158 valence electrons. The summed E-state index contributed by atoms with van der Waals surface area (Å²) < 4.78 is 26.4. The van der Waals surface area contributed by atoms with E-state index < -0.39 is 11.5 Å². The first-order valence-corrected chi connectivity index (χ1v) is 9.38. The van der Waals surface area contributed by atoms with Gasteiger partial charge in [-0.3, -0.25) is 0 Å². The molecule has 4 rings (SSSR count). The zero-order chi connectivity index (χ0) is 21.5. The standard InChI is InChI=1S/C20H23FN6O3/c1-11(13-8-12(21)9-15(28-4)17(13)29-5)23-16-6-7-27-19(24-16)14(10-22-27)18-25-20(2,3)30-26-18/h6-11H,1-5H3,(H,23,24)(H,25,26)/t11-/m1/s1. The summed E-state index contributed by atoms with van der Waals surface area (Å²) in [6.45, 7) is 5.63. The lowest BCUT2D eigenvalue weighted by Gasteiger charge is -2.20. The van der Waals surface area contributed by atoms with Crippen LogP contribution < -0.4 is 20.1 Å². The predicted octanol–water partition coefficient (Wildman–Crippen LogP) is 3.08. The highest BCUT2D eigenvalue weighted by Crippen LogP contribution is 2.36. The molecule has 2 N–H and O–H groups in total. The molecule has 0 bridgehead atoms. The molecule has 10 heteroatoms. The Morgan fingerprint density at radius 3 is 2.73 bits per heavy atom. The summed E-state index contributed by atoms with van der Waals surface area (Å²) in [5.41, 5.74) is 1.33. The summed E-state index contributed by atoms with van der Waals surface area (Å²) in [7, 11) is 2.99. The molecule has 3 aromatic rings. The van der Waals surface area contributed by atoms with Gasteiger partial charge in [0.25, 0.3) is 0 Å². The minimum atomic E-state index is -0.596. The SMILES string of the molecule is COc1cc(F)cc([C@@H](C)Nc2ccn3ncc(C4=NOC(C)(C)N4)c3n2)c1OC. The van der Waals surface area contributed by atoms with Gasteiger partial charge in [-0.05, 0) is 32.9 Å². The van der Waals surface area contributed by atoms with Crippen molar-refractivity contribution in [1.82, 2.24) is 19.9 Å². The van der Waals surface area contributed by atoms with Crippen molar-refractivity contribution in [2.45, 2.75) is 32.5 Å². The van der Waals surface area contributed by atoms with Gasteiger partial charge in [0.05, 0.1) is 32.0 Å². The van der Waals surface area contributed by atoms with Crippen LogP contribution in [0.5, 0.6) is 11.5 Å². The second-order valence-corrected chi connectivity index (χ2v) is 7.40. The topological polar surface area (TPSA) is 94.3 Å². The Balaban J connectivity index is 1.65. The second-order valence-electron chi connectivity index (χ2n) is 7.40. The maximum atomic E-state index is 14.1. The summed E-state index contributed by atoms with van der Waals surface area (Å²) in [6, 6.07) is 4.18. The highest BCUT2D eigenvalue weighted by Gasteiger charge is 2.30. The van der Waals surface area contributed by atoms with E-state index >= 15 is 0 Å². The Bertz CT molecular complexity index is 1130. The number of hydrogen-bond donors (Lipinski definition) is 2. The van der Waals surface area contributed by atoms with Crippen molar-refractivity contribution in [3.8, 4) is 11.5 Å². The molecule has 0 aliphatic carbocycles. The number of oxime groups is 1. The number of halogens is 1. The summed E-state index contributed by atoms with van der Waals surface area (Å²) in [6.07, 6.45) is 3.46. The van der Waals surface area contributed by atoms with Crippen molar-refractivity contribution in [2.75, 3.05) is 19.5 Å². The highest BCUT2D eigenvalue weighted by molar-refractivity contribution is 6.04. The quantitative estimate of drug-likeness (QED) is 0.640. The molecule has 3 heterocycles. The Morgan fingerprint density at radius 1 is 1.27 bits per heavy atom. The Hall–Kier alpha value is -3.56. The first-order chi connectivity index (χ1) is 14.3. The van der Waals surface area contributed by atoms with E-state index in [1.165, 1.54) is 26.4 Å². The fraction of sp³-hybridized carbons (Fsp3) is 0.350. The smallest absolute Gasteiger partial charge is 0.203 e. The summed E-state index contributed by atoms with van der Waals surface area (Å²) in [5.74, 6) is 1.53. The van der Waals surface area contributed by atoms with Gasteiger partial charge in [-0.15, -0.1) is 0 Å². The van der Waals surface area contributed by atoms with E-state index in [9.17, 15) is 4.39 Å². The number of hydrogen-bond acceptors (Lipinski definition) is 8. The molecule has 1 aromatic carbocycles. The first kappa shape index (κ1) is 19.7. The fourth-order valence-corrected chi connectivity index (χ4v) is 3.30. The van der Waals surface area contributed by atoms with Gasteiger partial charge in [-0.2, -0.15) is 5.10 Å². The average Bonchev–Trinajstić information content (AvgIpc) is 3.29. The molecule has 0 spiro atoms. The van der Waals surface area contributed by atoms with Crippen LogP contribution in [-0.2, 0) is 4.84 Å². The van der Waals surface area contributed by atoms with Crippen molar-refractivity contribution >= 4 is 17.3 Å². The van der Waals surface area contributed by atoms with Crippen molar-refractivity contribution in [3.63, 3.8) is 0 Å². The van der Waals surface area contributed by atoms with Gasteiger partial charge >= 0.3 is 0 Å². The molecule has 0 fully saturated rings. The van der Waals surface area contributed by atoms with Gasteiger partial charge in [-0.1, -0.05) is 5.16 Å². The zero-order valence-electron chi connectivity index (χ0n) is 17.4. The van der Waals surface area contributed by atoms with Crippen LogP contribution in [-0.4, -0.2) is 40.4 Å². The third-order valence-corrected chi connectivity index (χ3v) is 4.71. The van der Waals surface area contributed by atoms with Crippen LogP contribution in [0, 0.1) is 5.82 Å². The van der Waals surface area contributed by atoms with Gasteiger partial charge in [0, 0.05) is 17.8 Å². The lowest BCUT2D eigenvalue weighted by Crippen LogP contribution is -2.38. The van der Waals surface area contributed by atoms with E-state index in [1.807, 2.05) is 20.8 Å². The highest BCUT2D eigenvalue weighted by atomic mass is 19.1. The number of fused-ring (bicyclic) bond motifs is 1. The molecule has 1 atom stereocenters. The molecule has 0 saturated heterocycles. The molecule has 0 amide bonds. The zero-order valence-corrected chi connectivity index (χ0v) is 17.4. The lowest BCUT2D eigenvalue weighted by molar-refractivity contribution is -0.00234. The molecule has 9 nitrogen and oxygen atoms in total. The number of aromatic nitrogens is 3. The van der Waals surface area contributed by atoms with E-state index in [2.05, 4.69) is 25.9 Å². The normalized spacial score (nSPS) is 15.9. The van der Waals surface area contributed by atoms with Crippen molar-refractivity contribution < 1.29 is 18.7 Å². The van der Waals surface area contributed by atoms with Crippen LogP contribution in [0.15, 0.2) is 35.7 Å². The van der Waals surface area contributed by atoms with Gasteiger partial charge in [-0.25, -0.2) is 13.9 Å². The van der Waals surface area contributed by atoms with Crippen LogP contribution in [0.2, 0.25) is 0 Å². The van der Waals surface area contributed by atoms with E-state index in [0.717, 1.165) is 0 Å². The van der Waals surface area contributed by atoms with E-state index in [0.29, 0.717) is 39.9 Å². The monoisotopic (exact) mass is 414 g/mol. The number of ether oxygens (including phenoxy) is 2. The number of nitrogens with zero attached hydrogens (tertiary/aromatic N) is 4. The van der Waals surface area contributed by atoms with Crippen LogP contribution in [0.4, 0.5) is 10.2 Å². The van der Waals surface area contributed by atoms with Gasteiger partial charge in [0.1, 0.15) is 11.6 Å². The van der Waals surface area contributed by atoms with Crippen LogP contribution in [0.3, 0.4) is 0 Å². The molecular formula is C20H23FN6O3. The van der Waals surface area contributed by atoms with Crippen molar-refractivity contribution in [3.05, 3.63) is 47.5 Å². The largest absolute Gasteiger partial charge is 0.493 e. The molecule has 2 aromatic heterocycles. The molecular weight excluding hydrogens is 391 g/mol. The Kier molecular flexibility index (Phi) is 4.84. The van der Waals surface area contributed by atoms with Crippen molar-refractivity contribution in [2.24, 2.45) is 5.16 Å². The fourth-order valence-electron chi connectivity index (χ4n) is 3.30. The van der Waals surface area contributed by atoms with E-state index in [1.54, 1.807) is 23.0 Å². The molecule has 0 unspecified atom stereocenters. The number of rotatable bonds is 6. The molecule has 1 aliphatic rings. The predicted molar refractivity (Wildman–Crippen MR) is 109 cm³/mol. The Morgan fingerprint density at radius 2 is 2.07 bits per heavy atom. The van der Waals surface area contributed by atoms with Gasteiger partial charge in [0.2, 0.25) is 5.72 Å². The molecule has 0 radical (unpaired) electrons. The third kappa shape index (κ3) is 3.56. The third-order valence-electron chi connectivity index (χ3n) is 4.71. The second kappa shape index (κ2) is 7.36. The van der Waals surface area contributed by atoms with Crippen LogP contribution >= 0.6 is 0 Å². The molecule has 30 heavy (non-hydrogen) atoms. The van der Waals surface area contributed by atoms with E-state index in [-0.39, 0.29) is 6.04 Å². The van der Waals surface area contributed by atoms with Crippen LogP contribution in [0.25, 0.3) is 5.65 Å². The average molecular weight is 414 g/mol. The lowest BCUT2D eigenvalue weighted by atomic mass is 10.1. The summed E-state index contributed by atoms with van der Waals surface area (Å²) >= 11 is 0. The first-order valence-electron chi connectivity index (χ1n) is 9.38. The number of methoxy groups -OCH3 is 2. The van der Waals surface area contributed by atoms with Crippen LogP contribution in [0.1, 0.15) is 37.9 Å². The van der Waals surface area contributed by atoms with E-state index in [4.69, 9.17) is 14.3 Å². The summed E-state index contributed by atoms with van der Waals surface area (Å²) in [4.78, 5) is 10.0. The minimum absolute atomic E-state index is 0.310. The maximum Gasteiger partial charge on any atom is 0.203 e. The van der Waals surface area contributed by atoms with Crippen molar-refractivity contribution in [1.29, 1.82) is 0 Å².